The number of allylic oxidation sites excluding steroid dienone is 2. The third kappa shape index (κ3) is 5.59. The Morgan fingerprint density at radius 3 is 2.44 bits per heavy atom. The summed E-state index contributed by atoms with van der Waals surface area (Å²) < 4.78 is 5.96. The number of aliphatic carboxylic acids is 1. The first-order valence-electron chi connectivity index (χ1n) is 11.7. The first kappa shape index (κ1) is 25.0. The lowest BCUT2D eigenvalue weighted by Gasteiger charge is -2.37. The maximum Gasteiger partial charge on any atom is 0.320 e. The number of ether oxygens (including phenoxy) is 1. The molecule has 186 valence electrons. The summed E-state index contributed by atoms with van der Waals surface area (Å²) in [6, 6.07) is 16.3. The first-order valence-corrected chi connectivity index (χ1v) is 11.7. The number of carboxylic acids is 1. The minimum absolute atomic E-state index is 0.0867. The maximum absolute atomic E-state index is 11.0. The summed E-state index contributed by atoms with van der Waals surface area (Å²) in [7, 11) is 1.69. The number of nitrogens with two attached hydrogens (primary N) is 2. The Morgan fingerprint density at radius 1 is 1.11 bits per heavy atom. The summed E-state index contributed by atoms with van der Waals surface area (Å²) in [5.74, 6) is -0.209. The van der Waals surface area contributed by atoms with E-state index in [4.69, 9.17) is 21.3 Å². The molecule has 6 N–H and O–H groups in total. The normalized spacial score (nSPS) is 18.8. The molecule has 3 atom stereocenters. The summed E-state index contributed by atoms with van der Waals surface area (Å²) in [6.45, 7) is 2.01. The number of carbonyl (C=O) groups is 1. The summed E-state index contributed by atoms with van der Waals surface area (Å²) in [5, 5.41) is 12.3. The minimum Gasteiger partial charge on any atom is -0.480 e. The highest BCUT2D eigenvalue weighted by Crippen LogP contribution is 2.33. The second kappa shape index (κ2) is 10.7. The number of nitrogens with zero attached hydrogens (tertiary/aromatic N) is 3. The predicted octanol–water partition coefficient (Wildman–Crippen LogP) is 3.30. The zero-order valence-electron chi connectivity index (χ0n) is 20.3. The van der Waals surface area contributed by atoms with Crippen LogP contribution in [0.25, 0.3) is 17.0 Å². The van der Waals surface area contributed by atoms with Gasteiger partial charge in [0, 0.05) is 19.1 Å². The Bertz CT molecular complexity index is 1280. The van der Waals surface area contributed by atoms with Crippen LogP contribution in [-0.4, -0.2) is 50.8 Å². The molecule has 3 aromatic rings. The number of aromatic nitrogens is 3. The van der Waals surface area contributed by atoms with Gasteiger partial charge in [0.2, 0.25) is 11.9 Å². The Kier molecular flexibility index (Phi) is 7.42. The van der Waals surface area contributed by atoms with Gasteiger partial charge in [-0.1, -0.05) is 66.7 Å². The highest BCUT2D eigenvalue weighted by atomic mass is 16.5. The van der Waals surface area contributed by atoms with Crippen LogP contribution in [0.15, 0.2) is 72.8 Å². The minimum atomic E-state index is -1.04. The number of hydrogen-bond acceptors (Lipinski definition) is 8. The zero-order valence-corrected chi connectivity index (χ0v) is 20.3. The summed E-state index contributed by atoms with van der Waals surface area (Å²) in [6.07, 6.45) is 7.21. The molecule has 0 amide bonds. The monoisotopic (exact) mass is 486 g/mol. The maximum atomic E-state index is 11.0. The number of nitrogen functional groups attached to an aromatic ring is 1. The number of rotatable bonds is 9. The molecular weight excluding hydrogens is 456 g/mol. The van der Waals surface area contributed by atoms with Gasteiger partial charge in [-0.3, -0.25) is 4.79 Å². The summed E-state index contributed by atoms with van der Waals surface area (Å²) >= 11 is 0. The van der Waals surface area contributed by atoms with E-state index in [2.05, 4.69) is 50.6 Å². The Labute approximate surface area is 209 Å². The molecule has 3 unspecified atom stereocenters. The van der Waals surface area contributed by atoms with E-state index in [1.807, 2.05) is 37.3 Å². The topological polar surface area (TPSA) is 149 Å². The second-order valence-electron chi connectivity index (χ2n) is 8.77. The predicted molar refractivity (Wildman–Crippen MR) is 140 cm³/mol. The van der Waals surface area contributed by atoms with Crippen molar-refractivity contribution in [3.05, 3.63) is 84.0 Å². The van der Waals surface area contributed by atoms with Crippen molar-refractivity contribution in [1.29, 1.82) is 0 Å². The molecule has 9 nitrogen and oxygen atoms in total. The molecule has 1 aromatic heterocycles. The van der Waals surface area contributed by atoms with Crippen molar-refractivity contribution in [2.24, 2.45) is 5.73 Å². The molecule has 1 heterocycles. The molecule has 0 bridgehead atoms. The van der Waals surface area contributed by atoms with Crippen molar-refractivity contribution in [3.63, 3.8) is 0 Å². The van der Waals surface area contributed by atoms with Crippen molar-refractivity contribution in [1.82, 2.24) is 15.0 Å². The molecule has 0 aliphatic heterocycles. The van der Waals surface area contributed by atoms with E-state index in [0.29, 0.717) is 18.2 Å². The number of hydrogen-bond donors (Lipinski definition) is 4. The van der Waals surface area contributed by atoms with Crippen LogP contribution < -0.4 is 16.8 Å². The Balaban J connectivity index is 1.50. The largest absolute Gasteiger partial charge is 0.480 e. The van der Waals surface area contributed by atoms with Gasteiger partial charge in [0.1, 0.15) is 11.6 Å². The zero-order chi connectivity index (χ0) is 25.7. The van der Waals surface area contributed by atoms with Crippen molar-refractivity contribution in [2.45, 2.75) is 37.5 Å². The van der Waals surface area contributed by atoms with Gasteiger partial charge < -0.3 is 26.6 Å². The lowest BCUT2D eigenvalue weighted by atomic mass is 9.84. The highest BCUT2D eigenvalue weighted by molar-refractivity contribution is 5.75. The van der Waals surface area contributed by atoms with Crippen LogP contribution in [-0.2, 0) is 16.0 Å². The molecule has 0 fully saturated rings. The lowest BCUT2D eigenvalue weighted by Crippen LogP contribution is -2.46. The molecule has 0 saturated heterocycles. The molecule has 2 aromatic carbocycles. The second-order valence-corrected chi connectivity index (χ2v) is 8.77. The molecular formula is C27H30N6O3. The van der Waals surface area contributed by atoms with Crippen LogP contribution in [0.3, 0.4) is 0 Å². The van der Waals surface area contributed by atoms with E-state index in [9.17, 15) is 4.79 Å². The molecule has 9 heteroatoms. The van der Waals surface area contributed by atoms with Crippen molar-refractivity contribution in [2.75, 3.05) is 18.2 Å². The fourth-order valence-electron chi connectivity index (χ4n) is 4.16. The van der Waals surface area contributed by atoms with Crippen LogP contribution in [0.4, 0.5) is 11.9 Å². The molecule has 36 heavy (non-hydrogen) atoms. The van der Waals surface area contributed by atoms with Crippen molar-refractivity contribution < 1.29 is 14.6 Å². The third-order valence-electron chi connectivity index (χ3n) is 6.39. The van der Waals surface area contributed by atoms with Gasteiger partial charge in [0.25, 0.3) is 0 Å². The quantitative estimate of drug-likeness (QED) is 0.357. The van der Waals surface area contributed by atoms with Gasteiger partial charge in [-0.2, -0.15) is 15.0 Å². The molecule has 4 rings (SSSR count). The lowest BCUT2D eigenvalue weighted by molar-refractivity contribution is -0.138. The van der Waals surface area contributed by atoms with E-state index in [-0.39, 0.29) is 18.4 Å². The number of methoxy groups -OCH3 is 1. The Morgan fingerprint density at radius 2 is 1.83 bits per heavy atom. The molecule has 0 spiro atoms. The van der Waals surface area contributed by atoms with Crippen LogP contribution >= 0.6 is 0 Å². The molecule has 1 aliphatic carbocycles. The Hall–Kier alpha value is -4.08. The summed E-state index contributed by atoms with van der Waals surface area (Å²) in [4.78, 5) is 24.1. The van der Waals surface area contributed by atoms with Gasteiger partial charge in [0.15, 0.2) is 5.82 Å². The SMILES string of the molecule is COC1(C(C)Nc2nc(N)nc(-c3ccc(CC(N)C(=O)O)cc3)n2)C=CC(c2ccccc2)=CC1. The number of benzene rings is 2. The van der Waals surface area contributed by atoms with E-state index >= 15 is 0 Å². The highest BCUT2D eigenvalue weighted by Gasteiger charge is 2.35. The van der Waals surface area contributed by atoms with Gasteiger partial charge in [-0.25, -0.2) is 0 Å². The van der Waals surface area contributed by atoms with Gasteiger partial charge in [-0.15, -0.1) is 0 Å². The van der Waals surface area contributed by atoms with Crippen molar-refractivity contribution >= 4 is 23.4 Å². The van der Waals surface area contributed by atoms with E-state index in [1.54, 1.807) is 19.2 Å². The molecule has 1 aliphatic rings. The van der Waals surface area contributed by atoms with Gasteiger partial charge >= 0.3 is 5.97 Å². The van der Waals surface area contributed by atoms with E-state index in [1.165, 1.54) is 0 Å². The number of anilines is 2. The van der Waals surface area contributed by atoms with Crippen LogP contribution in [0.5, 0.6) is 0 Å². The average molecular weight is 487 g/mol. The summed E-state index contributed by atoms with van der Waals surface area (Å²) in [5.41, 5.74) is 14.9. The van der Waals surface area contributed by atoms with Crippen LogP contribution in [0, 0.1) is 0 Å². The number of carboxylic acid groups (broad SMARTS) is 1. The van der Waals surface area contributed by atoms with Gasteiger partial charge in [-0.05, 0) is 36.1 Å². The van der Waals surface area contributed by atoms with Crippen molar-refractivity contribution in [3.8, 4) is 11.4 Å². The van der Waals surface area contributed by atoms with Crippen LogP contribution in [0.2, 0.25) is 0 Å². The van der Waals surface area contributed by atoms with E-state index < -0.39 is 17.6 Å². The molecule has 0 radical (unpaired) electrons. The smallest absolute Gasteiger partial charge is 0.320 e. The molecule has 0 saturated carbocycles. The van der Waals surface area contributed by atoms with Crippen LogP contribution in [0.1, 0.15) is 24.5 Å². The third-order valence-corrected chi connectivity index (χ3v) is 6.39. The first-order chi connectivity index (χ1) is 17.3. The van der Waals surface area contributed by atoms with Gasteiger partial charge in [0.05, 0.1) is 6.04 Å². The fraction of sp³-hybridized carbons (Fsp3) is 0.259. The average Bonchev–Trinajstić information content (AvgIpc) is 2.89. The van der Waals surface area contributed by atoms with E-state index in [0.717, 1.165) is 22.3 Å². The number of nitrogens with one attached hydrogen (secondary N) is 1. The fourth-order valence-corrected chi connectivity index (χ4v) is 4.16. The standard InChI is InChI=1S/C27H30N6O3/c1-17(27(36-2)14-12-20(13-15-27)19-6-4-3-5-7-19)30-26-32-23(31-25(29)33-26)21-10-8-18(9-11-21)16-22(28)24(34)35/h3-14,17,22H,15-16,28H2,1-2H3,(H,34,35)(H3,29,30,31,32,33).